The zero-order valence-corrected chi connectivity index (χ0v) is 12.0. The molecule has 1 aromatic heterocycles. The van der Waals surface area contributed by atoms with Crippen LogP contribution in [0, 0.1) is 5.82 Å². The molecule has 0 aliphatic carbocycles. The minimum Gasteiger partial charge on any atom is -0.322 e. The van der Waals surface area contributed by atoms with Crippen LogP contribution in [-0.4, -0.2) is 4.98 Å². The van der Waals surface area contributed by atoms with E-state index in [1.54, 1.807) is 6.07 Å². The fraction of sp³-hybridized carbons (Fsp3) is 0.118. The average Bonchev–Trinajstić information content (AvgIpc) is 2.49. The number of nitrogens with two attached hydrogens (primary N) is 1. The molecule has 3 aromatic rings. The number of benzene rings is 2. The number of hydrogen-bond acceptors (Lipinski definition) is 2. The van der Waals surface area contributed by atoms with Gasteiger partial charge in [0.05, 0.1) is 17.3 Å². The van der Waals surface area contributed by atoms with Gasteiger partial charge in [-0.25, -0.2) is 4.39 Å². The Bertz CT molecular complexity index is 789. The summed E-state index contributed by atoms with van der Waals surface area (Å²) < 4.78 is 13.1. The standard InChI is InChI=1S/C17H14ClFN2/c18-14-10-13(19)7-5-12(14)9-15(20)17-8-6-11-3-1-2-4-16(11)21-17/h1-8,10,15H,9,20H2. The Labute approximate surface area is 127 Å². The van der Waals surface area contributed by atoms with Gasteiger partial charge in [0.1, 0.15) is 5.82 Å². The number of rotatable bonds is 3. The summed E-state index contributed by atoms with van der Waals surface area (Å²) in [6, 6.07) is 15.9. The number of pyridine rings is 1. The van der Waals surface area contributed by atoms with Gasteiger partial charge in [0.2, 0.25) is 0 Å². The Balaban J connectivity index is 1.87. The average molecular weight is 301 g/mol. The van der Waals surface area contributed by atoms with Crippen LogP contribution in [0.25, 0.3) is 10.9 Å². The highest BCUT2D eigenvalue weighted by molar-refractivity contribution is 6.31. The van der Waals surface area contributed by atoms with E-state index in [-0.39, 0.29) is 11.9 Å². The fourth-order valence-electron chi connectivity index (χ4n) is 2.32. The molecule has 0 bridgehead atoms. The van der Waals surface area contributed by atoms with Crippen LogP contribution in [0.3, 0.4) is 0 Å². The van der Waals surface area contributed by atoms with E-state index < -0.39 is 0 Å². The monoisotopic (exact) mass is 300 g/mol. The normalized spacial score (nSPS) is 12.5. The Kier molecular flexibility index (Phi) is 3.86. The second kappa shape index (κ2) is 5.80. The lowest BCUT2D eigenvalue weighted by molar-refractivity contribution is 0.625. The maximum Gasteiger partial charge on any atom is 0.124 e. The SMILES string of the molecule is NC(Cc1ccc(F)cc1Cl)c1ccc2ccccc2n1. The minimum atomic E-state index is -0.346. The van der Waals surface area contributed by atoms with E-state index in [1.165, 1.54) is 12.1 Å². The molecule has 0 saturated carbocycles. The Hall–Kier alpha value is -1.97. The van der Waals surface area contributed by atoms with Gasteiger partial charge < -0.3 is 5.73 Å². The van der Waals surface area contributed by atoms with Gasteiger partial charge in [-0.1, -0.05) is 41.9 Å². The molecule has 1 atom stereocenters. The molecule has 0 radical (unpaired) electrons. The van der Waals surface area contributed by atoms with Crippen LogP contribution < -0.4 is 5.73 Å². The van der Waals surface area contributed by atoms with E-state index in [1.807, 2.05) is 36.4 Å². The minimum absolute atomic E-state index is 0.280. The highest BCUT2D eigenvalue weighted by Crippen LogP contribution is 2.23. The van der Waals surface area contributed by atoms with Crippen molar-refractivity contribution in [3.05, 3.63) is 76.7 Å². The van der Waals surface area contributed by atoms with Crippen molar-refractivity contribution >= 4 is 22.5 Å². The summed E-state index contributed by atoms with van der Waals surface area (Å²) in [6.45, 7) is 0. The molecule has 2 nitrogen and oxygen atoms in total. The molecule has 2 aromatic carbocycles. The molecule has 21 heavy (non-hydrogen) atoms. The summed E-state index contributed by atoms with van der Waals surface area (Å²) in [7, 11) is 0. The lowest BCUT2D eigenvalue weighted by Crippen LogP contribution is -2.15. The molecule has 3 rings (SSSR count). The number of aromatic nitrogens is 1. The van der Waals surface area contributed by atoms with Crippen molar-refractivity contribution in [3.8, 4) is 0 Å². The van der Waals surface area contributed by atoms with Crippen LogP contribution in [0.15, 0.2) is 54.6 Å². The first kappa shape index (κ1) is 14.0. The van der Waals surface area contributed by atoms with Crippen LogP contribution in [0.2, 0.25) is 5.02 Å². The summed E-state index contributed by atoms with van der Waals surface area (Å²) in [6.07, 6.45) is 0.518. The first-order valence-electron chi connectivity index (χ1n) is 6.69. The molecule has 0 amide bonds. The topological polar surface area (TPSA) is 38.9 Å². The third-order valence-electron chi connectivity index (χ3n) is 3.45. The van der Waals surface area contributed by atoms with Crippen molar-refractivity contribution in [1.29, 1.82) is 0 Å². The number of hydrogen-bond donors (Lipinski definition) is 1. The predicted octanol–water partition coefficient (Wildman–Crippen LogP) is 4.27. The van der Waals surface area contributed by atoms with Crippen molar-refractivity contribution in [3.63, 3.8) is 0 Å². The summed E-state index contributed by atoms with van der Waals surface area (Å²) in [5.74, 6) is -0.346. The molecule has 0 spiro atoms. The van der Waals surface area contributed by atoms with Crippen molar-refractivity contribution < 1.29 is 4.39 Å². The van der Waals surface area contributed by atoms with Gasteiger partial charge in [-0.05, 0) is 36.2 Å². The van der Waals surface area contributed by atoms with E-state index in [0.29, 0.717) is 11.4 Å². The van der Waals surface area contributed by atoms with Gasteiger partial charge in [0, 0.05) is 10.4 Å². The Morgan fingerprint density at radius 2 is 1.90 bits per heavy atom. The lowest BCUT2D eigenvalue weighted by Gasteiger charge is -2.13. The first-order chi connectivity index (χ1) is 10.1. The maximum atomic E-state index is 13.1. The van der Waals surface area contributed by atoms with E-state index >= 15 is 0 Å². The van der Waals surface area contributed by atoms with Gasteiger partial charge in [-0.3, -0.25) is 4.98 Å². The van der Waals surface area contributed by atoms with Crippen LogP contribution in [0.1, 0.15) is 17.3 Å². The van der Waals surface area contributed by atoms with Crippen molar-refractivity contribution in [2.24, 2.45) is 5.73 Å². The fourth-order valence-corrected chi connectivity index (χ4v) is 2.56. The van der Waals surface area contributed by atoms with E-state index in [4.69, 9.17) is 17.3 Å². The van der Waals surface area contributed by atoms with Crippen molar-refractivity contribution in [1.82, 2.24) is 4.98 Å². The molecule has 1 unspecified atom stereocenters. The molecular weight excluding hydrogens is 287 g/mol. The molecule has 2 N–H and O–H groups in total. The highest BCUT2D eigenvalue weighted by atomic mass is 35.5. The third-order valence-corrected chi connectivity index (χ3v) is 3.81. The van der Waals surface area contributed by atoms with Crippen molar-refractivity contribution in [2.75, 3.05) is 0 Å². The zero-order chi connectivity index (χ0) is 14.8. The van der Waals surface area contributed by atoms with Gasteiger partial charge >= 0.3 is 0 Å². The van der Waals surface area contributed by atoms with Gasteiger partial charge in [-0.2, -0.15) is 0 Å². The molecule has 0 aliphatic heterocycles. The smallest absolute Gasteiger partial charge is 0.124 e. The summed E-state index contributed by atoms with van der Waals surface area (Å²) in [5, 5.41) is 1.47. The molecule has 0 fully saturated rings. The lowest BCUT2D eigenvalue weighted by atomic mass is 10.0. The van der Waals surface area contributed by atoms with E-state index in [0.717, 1.165) is 22.2 Å². The maximum absolute atomic E-state index is 13.1. The van der Waals surface area contributed by atoms with Crippen LogP contribution in [0.4, 0.5) is 4.39 Å². The molecule has 4 heteroatoms. The number of para-hydroxylation sites is 1. The molecule has 0 saturated heterocycles. The largest absolute Gasteiger partial charge is 0.322 e. The van der Waals surface area contributed by atoms with Gasteiger partial charge in [0.25, 0.3) is 0 Å². The molecule has 1 heterocycles. The summed E-state index contributed by atoms with van der Waals surface area (Å²) in [4.78, 5) is 4.58. The van der Waals surface area contributed by atoms with Crippen LogP contribution in [0.5, 0.6) is 0 Å². The Morgan fingerprint density at radius 1 is 1.10 bits per heavy atom. The molecule has 0 aliphatic rings. The second-order valence-electron chi connectivity index (χ2n) is 4.98. The molecule has 106 valence electrons. The van der Waals surface area contributed by atoms with E-state index in [9.17, 15) is 4.39 Å². The first-order valence-corrected chi connectivity index (χ1v) is 7.06. The third kappa shape index (κ3) is 3.04. The van der Waals surface area contributed by atoms with Crippen LogP contribution in [-0.2, 0) is 6.42 Å². The zero-order valence-electron chi connectivity index (χ0n) is 11.3. The van der Waals surface area contributed by atoms with Gasteiger partial charge in [0.15, 0.2) is 0 Å². The Morgan fingerprint density at radius 3 is 2.71 bits per heavy atom. The molecular formula is C17H14ClFN2. The summed E-state index contributed by atoms with van der Waals surface area (Å²) >= 11 is 6.04. The number of halogens is 2. The number of fused-ring (bicyclic) bond motifs is 1. The second-order valence-corrected chi connectivity index (χ2v) is 5.38. The quantitative estimate of drug-likeness (QED) is 0.784. The predicted molar refractivity (Wildman–Crippen MR) is 83.8 cm³/mol. The van der Waals surface area contributed by atoms with Crippen LogP contribution >= 0.6 is 11.6 Å². The highest BCUT2D eigenvalue weighted by Gasteiger charge is 2.12. The van der Waals surface area contributed by atoms with E-state index in [2.05, 4.69) is 4.98 Å². The summed E-state index contributed by atoms with van der Waals surface area (Å²) in [5.41, 5.74) is 8.74. The number of nitrogens with zero attached hydrogens (tertiary/aromatic N) is 1. The van der Waals surface area contributed by atoms with Gasteiger partial charge in [-0.15, -0.1) is 0 Å². The van der Waals surface area contributed by atoms with Crippen molar-refractivity contribution in [2.45, 2.75) is 12.5 Å².